The van der Waals surface area contributed by atoms with Gasteiger partial charge in [-0.3, -0.25) is 4.90 Å². The number of ether oxygens (including phenoxy) is 1. The average Bonchev–Trinajstić information content (AvgIpc) is 3.38. The van der Waals surface area contributed by atoms with Crippen LogP contribution in [-0.2, 0) is 0 Å². The molecule has 3 aliphatic rings. The van der Waals surface area contributed by atoms with Gasteiger partial charge in [0.1, 0.15) is 11.4 Å². The summed E-state index contributed by atoms with van der Waals surface area (Å²) < 4.78 is 6.66. The Morgan fingerprint density at radius 1 is 0.781 bits per heavy atom. The molecule has 0 bridgehead atoms. The van der Waals surface area contributed by atoms with Crippen LogP contribution in [0.1, 0.15) is 55.0 Å². The lowest BCUT2D eigenvalue weighted by Crippen LogP contribution is -2.47. The molecule has 2 aromatic rings. The molecule has 0 aliphatic carbocycles. The zero-order valence-corrected chi connectivity index (χ0v) is 21.1. The van der Waals surface area contributed by atoms with Crippen molar-refractivity contribution in [2.75, 3.05) is 49.1 Å². The molecule has 0 N–H and O–H groups in total. The Bertz CT molecular complexity index is 961. The fourth-order valence-corrected chi connectivity index (χ4v) is 6.18. The first-order valence-corrected chi connectivity index (χ1v) is 12.0. The average molecular weight is 456 g/mol. The van der Waals surface area contributed by atoms with Crippen LogP contribution in [0.4, 0.5) is 11.4 Å². The fourth-order valence-electron chi connectivity index (χ4n) is 6.18. The molecule has 0 radical (unpaired) electrons. The maximum Gasteiger partial charge on any atom is 0.128 e. The maximum absolute atomic E-state index is 6.66. The van der Waals surface area contributed by atoms with Gasteiger partial charge >= 0.3 is 0 Å². The highest BCUT2D eigenvalue weighted by Crippen LogP contribution is 2.53. The third kappa shape index (κ3) is 3.76. The zero-order valence-electron chi connectivity index (χ0n) is 20.3. The molecule has 5 rings (SSSR count). The molecular formula is C27H38ClN3O. The molecule has 2 aromatic carbocycles. The summed E-state index contributed by atoms with van der Waals surface area (Å²) in [5, 5.41) is 0. The third-order valence-corrected chi connectivity index (χ3v) is 7.78. The van der Waals surface area contributed by atoms with Crippen LogP contribution in [-0.4, -0.2) is 49.8 Å². The number of hydrogen-bond acceptors (Lipinski definition) is 4. The number of fused-ring (bicyclic) bond motifs is 1. The quantitative estimate of drug-likeness (QED) is 0.593. The van der Waals surface area contributed by atoms with Crippen molar-refractivity contribution < 1.29 is 4.74 Å². The molecule has 0 saturated carbocycles. The largest absolute Gasteiger partial charge is 0.485 e. The summed E-state index contributed by atoms with van der Waals surface area (Å²) in [5.74, 6) is 1.16. The van der Waals surface area contributed by atoms with Gasteiger partial charge < -0.3 is 14.5 Å². The Kier molecular flexibility index (Phi) is 6.39. The third-order valence-electron chi connectivity index (χ3n) is 7.78. The van der Waals surface area contributed by atoms with Crippen LogP contribution in [0.25, 0.3) is 0 Å². The molecular weight excluding hydrogens is 418 g/mol. The van der Waals surface area contributed by atoms with Crippen LogP contribution in [0.3, 0.4) is 0 Å². The summed E-state index contributed by atoms with van der Waals surface area (Å²) in [4.78, 5) is 7.81. The van der Waals surface area contributed by atoms with E-state index in [0.717, 1.165) is 31.9 Å². The van der Waals surface area contributed by atoms with Crippen molar-refractivity contribution in [2.24, 2.45) is 0 Å². The van der Waals surface area contributed by atoms with Crippen molar-refractivity contribution in [1.29, 1.82) is 0 Å². The van der Waals surface area contributed by atoms with Gasteiger partial charge in [0.25, 0.3) is 0 Å². The van der Waals surface area contributed by atoms with E-state index in [1.807, 2.05) is 0 Å². The van der Waals surface area contributed by atoms with Crippen molar-refractivity contribution >= 4 is 23.8 Å². The Balaban J connectivity index is 0.00000245. The van der Waals surface area contributed by atoms with Gasteiger partial charge in [-0.2, -0.15) is 0 Å². The van der Waals surface area contributed by atoms with E-state index in [9.17, 15) is 0 Å². The van der Waals surface area contributed by atoms with Crippen LogP contribution in [0, 0.1) is 20.8 Å². The van der Waals surface area contributed by atoms with Gasteiger partial charge in [-0.25, -0.2) is 0 Å². The highest BCUT2D eigenvalue weighted by Gasteiger charge is 2.47. The predicted molar refractivity (Wildman–Crippen MR) is 137 cm³/mol. The molecule has 0 spiro atoms. The minimum atomic E-state index is -0.181. The molecule has 3 aliphatic heterocycles. The Labute approximate surface area is 199 Å². The second-order valence-corrected chi connectivity index (χ2v) is 10.1. The summed E-state index contributed by atoms with van der Waals surface area (Å²) in [6.45, 7) is 18.1. The standard InChI is InChI=1S/C27H37N3O.ClH/c1-19-20(2)25-23(26(27(4,5)31-25)30-13-9-10-14-30)21(3)24(19)29-17-15-28(16-18-29)22-11-7-6-8-12-22;/h6-8,11-12,26H,9-10,13-18H2,1-5H3;1H. The van der Waals surface area contributed by atoms with E-state index in [-0.39, 0.29) is 18.0 Å². The number of anilines is 2. The van der Waals surface area contributed by atoms with E-state index in [1.54, 1.807) is 0 Å². The summed E-state index contributed by atoms with van der Waals surface area (Å²) in [7, 11) is 0. The first kappa shape index (κ1) is 23.3. The van der Waals surface area contributed by atoms with E-state index in [1.165, 1.54) is 59.6 Å². The Hall–Kier alpha value is -1.91. The second-order valence-electron chi connectivity index (χ2n) is 10.1. The first-order chi connectivity index (χ1) is 14.9. The number of benzene rings is 2. The van der Waals surface area contributed by atoms with Gasteiger partial charge in [0.15, 0.2) is 0 Å². The second kappa shape index (κ2) is 8.79. The van der Waals surface area contributed by atoms with Gasteiger partial charge in [-0.1, -0.05) is 18.2 Å². The van der Waals surface area contributed by atoms with Crippen LogP contribution < -0.4 is 14.5 Å². The number of hydrogen-bond donors (Lipinski definition) is 0. The zero-order chi connectivity index (χ0) is 21.8. The van der Waals surface area contributed by atoms with Gasteiger partial charge in [0, 0.05) is 43.1 Å². The van der Waals surface area contributed by atoms with E-state index in [4.69, 9.17) is 4.74 Å². The lowest BCUT2D eigenvalue weighted by Gasteiger charge is -2.40. The molecule has 4 nitrogen and oxygen atoms in total. The normalized spacial score (nSPS) is 22.5. The lowest BCUT2D eigenvalue weighted by molar-refractivity contribution is 0.0396. The molecule has 2 fully saturated rings. The maximum atomic E-state index is 6.66. The number of para-hydroxylation sites is 1. The number of halogens is 1. The van der Waals surface area contributed by atoms with Crippen LogP contribution in [0.5, 0.6) is 5.75 Å². The SMILES string of the molecule is Cc1c(C)c(N2CCN(c3ccccc3)CC2)c(C)c2c1OC(C)(C)C2N1CCCC1.Cl. The van der Waals surface area contributed by atoms with Crippen LogP contribution in [0.2, 0.25) is 0 Å². The van der Waals surface area contributed by atoms with E-state index in [0.29, 0.717) is 6.04 Å². The smallest absolute Gasteiger partial charge is 0.128 e. The van der Waals surface area contributed by atoms with Crippen LogP contribution >= 0.6 is 12.4 Å². The van der Waals surface area contributed by atoms with Crippen LogP contribution in [0.15, 0.2) is 30.3 Å². The molecule has 1 unspecified atom stereocenters. The minimum absolute atomic E-state index is 0. The van der Waals surface area contributed by atoms with Gasteiger partial charge in [-0.05, 0) is 89.4 Å². The van der Waals surface area contributed by atoms with Gasteiger partial charge in [0.05, 0.1) is 6.04 Å². The molecule has 2 saturated heterocycles. The molecule has 0 amide bonds. The summed E-state index contributed by atoms with van der Waals surface area (Å²) >= 11 is 0. The van der Waals surface area contributed by atoms with Gasteiger partial charge in [-0.15, -0.1) is 12.4 Å². The first-order valence-electron chi connectivity index (χ1n) is 12.0. The predicted octanol–water partition coefficient (Wildman–Crippen LogP) is 5.67. The highest BCUT2D eigenvalue weighted by atomic mass is 35.5. The number of nitrogens with zero attached hydrogens (tertiary/aromatic N) is 3. The van der Waals surface area contributed by atoms with Crippen molar-refractivity contribution in [3.05, 3.63) is 52.6 Å². The lowest BCUT2D eigenvalue weighted by atomic mass is 9.87. The topological polar surface area (TPSA) is 19.0 Å². The minimum Gasteiger partial charge on any atom is -0.485 e. The van der Waals surface area contributed by atoms with E-state index in [2.05, 4.69) is 79.7 Å². The molecule has 1 atom stereocenters. The van der Waals surface area contributed by atoms with Gasteiger partial charge in [0.2, 0.25) is 0 Å². The summed E-state index contributed by atoms with van der Waals surface area (Å²) in [6.07, 6.45) is 2.61. The molecule has 3 heterocycles. The Morgan fingerprint density at radius 3 is 2.00 bits per heavy atom. The number of rotatable bonds is 3. The number of piperazine rings is 1. The van der Waals surface area contributed by atoms with Crippen molar-refractivity contribution in [3.63, 3.8) is 0 Å². The molecule has 32 heavy (non-hydrogen) atoms. The highest BCUT2D eigenvalue weighted by molar-refractivity contribution is 5.85. The van der Waals surface area contributed by atoms with Crippen molar-refractivity contribution in [2.45, 2.75) is 59.1 Å². The molecule has 174 valence electrons. The van der Waals surface area contributed by atoms with Crippen molar-refractivity contribution in [3.8, 4) is 5.75 Å². The summed E-state index contributed by atoms with van der Waals surface area (Å²) in [5.41, 5.74) is 8.22. The summed E-state index contributed by atoms with van der Waals surface area (Å²) in [6, 6.07) is 11.2. The monoisotopic (exact) mass is 455 g/mol. The molecule has 5 heteroatoms. The fraction of sp³-hybridized carbons (Fsp3) is 0.556. The van der Waals surface area contributed by atoms with E-state index >= 15 is 0 Å². The Morgan fingerprint density at radius 2 is 1.38 bits per heavy atom. The molecule has 0 aromatic heterocycles. The number of likely N-dealkylation sites (tertiary alicyclic amines) is 1. The van der Waals surface area contributed by atoms with E-state index < -0.39 is 0 Å². The van der Waals surface area contributed by atoms with Crippen molar-refractivity contribution in [1.82, 2.24) is 4.90 Å².